The largest absolute Gasteiger partial charge is 0.507 e. The van der Waals surface area contributed by atoms with E-state index in [0.29, 0.717) is 11.3 Å². The number of benzene rings is 2. The fraction of sp³-hybridized carbons (Fsp3) is 0.167. The summed E-state index contributed by atoms with van der Waals surface area (Å²) in [6, 6.07) is 12.2. The quantitative estimate of drug-likeness (QED) is 0.651. The molecule has 0 heterocycles. The molecule has 2 aromatic rings. The van der Waals surface area contributed by atoms with Crippen LogP contribution in [-0.2, 0) is 9.53 Å². The first-order valence-corrected chi connectivity index (χ1v) is 7.29. The van der Waals surface area contributed by atoms with Crippen molar-refractivity contribution >= 4 is 23.3 Å². The van der Waals surface area contributed by atoms with Crippen molar-refractivity contribution in [3.05, 3.63) is 59.7 Å². The normalized spacial score (nSPS) is 11.4. The summed E-state index contributed by atoms with van der Waals surface area (Å²) >= 11 is 0. The van der Waals surface area contributed by atoms with Crippen molar-refractivity contribution in [3.8, 4) is 5.75 Å². The fourth-order valence-corrected chi connectivity index (χ4v) is 2.08. The maximum Gasteiger partial charge on any atom is 0.342 e. The Morgan fingerprint density at radius 3 is 2.25 bits per heavy atom. The number of hydrogen-bond donors (Lipinski definition) is 2. The highest BCUT2D eigenvalue weighted by Gasteiger charge is 2.21. The van der Waals surface area contributed by atoms with Gasteiger partial charge in [-0.15, -0.1) is 0 Å². The molecule has 1 unspecified atom stereocenters. The van der Waals surface area contributed by atoms with Crippen molar-refractivity contribution in [2.75, 3.05) is 5.32 Å². The summed E-state index contributed by atoms with van der Waals surface area (Å²) in [5.74, 6) is -1.57. The first-order chi connectivity index (χ1) is 11.4. The first kappa shape index (κ1) is 17.2. The highest BCUT2D eigenvalue weighted by Crippen LogP contribution is 2.18. The number of amides is 1. The zero-order valence-electron chi connectivity index (χ0n) is 13.3. The van der Waals surface area contributed by atoms with E-state index in [1.165, 1.54) is 38.1 Å². The van der Waals surface area contributed by atoms with Gasteiger partial charge in [0.25, 0.3) is 0 Å². The van der Waals surface area contributed by atoms with E-state index in [-0.39, 0.29) is 23.0 Å². The van der Waals surface area contributed by atoms with Gasteiger partial charge in [0.2, 0.25) is 11.7 Å². The van der Waals surface area contributed by atoms with Crippen molar-refractivity contribution in [3.63, 3.8) is 0 Å². The maximum absolute atomic E-state index is 12.3. The summed E-state index contributed by atoms with van der Waals surface area (Å²) in [5.41, 5.74) is 0.915. The van der Waals surface area contributed by atoms with E-state index in [4.69, 9.17) is 4.74 Å². The van der Waals surface area contributed by atoms with Gasteiger partial charge in [-0.2, -0.15) is 0 Å². The zero-order chi connectivity index (χ0) is 17.7. The van der Waals surface area contributed by atoms with E-state index in [1.54, 1.807) is 24.3 Å². The number of anilines is 1. The third-order valence-electron chi connectivity index (χ3n) is 3.27. The van der Waals surface area contributed by atoms with Crippen molar-refractivity contribution in [2.45, 2.75) is 20.0 Å². The highest BCUT2D eigenvalue weighted by molar-refractivity contribution is 6.02. The Morgan fingerprint density at radius 1 is 1.04 bits per heavy atom. The van der Waals surface area contributed by atoms with Crippen molar-refractivity contribution in [1.29, 1.82) is 0 Å². The van der Waals surface area contributed by atoms with Gasteiger partial charge in [-0.3, -0.25) is 9.59 Å². The lowest BCUT2D eigenvalue weighted by Gasteiger charge is -2.13. The molecule has 0 radical (unpaired) electrons. The molecule has 2 aromatic carbocycles. The molecule has 0 spiro atoms. The molecule has 6 nitrogen and oxygen atoms in total. The van der Waals surface area contributed by atoms with Gasteiger partial charge in [-0.1, -0.05) is 12.1 Å². The lowest BCUT2D eigenvalue weighted by molar-refractivity contribution is -0.114. The summed E-state index contributed by atoms with van der Waals surface area (Å²) < 4.78 is 5.11. The Balaban J connectivity index is 2.05. The summed E-state index contributed by atoms with van der Waals surface area (Å²) in [7, 11) is 0. The molecule has 0 bridgehead atoms. The number of rotatable bonds is 5. The van der Waals surface area contributed by atoms with Gasteiger partial charge in [0.15, 0.2) is 6.10 Å². The third-order valence-corrected chi connectivity index (χ3v) is 3.27. The summed E-state index contributed by atoms with van der Waals surface area (Å²) in [4.78, 5) is 35.3. The molecule has 0 saturated heterocycles. The van der Waals surface area contributed by atoms with E-state index in [9.17, 15) is 19.5 Å². The monoisotopic (exact) mass is 327 g/mol. The van der Waals surface area contributed by atoms with Gasteiger partial charge in [0, 0.05) is 18.2 Å². The van der Waals surface area contributed by atoms with Crippen LogP contribution in [0.25, 0.3) is 0 Å². The Morgan fingerprint density at radius 2 is 1.67 bits per heavy atom. The van der Waals surface area contributed by atoms with Crippen LogP contribution in [0.1, 0.15) is 34.6 Å². The van der Waals surface area contributed by atoms with Crippen LogP contribution >= 0.6 is 0 Å². The van der Waals surface area contributed by atoms with E-state index < -0.39 is 12.1 Å². The van der Waals surface area contributed by atoms with Crippen LogP contribution in [0.5, 0.6) is 5.75 Å². The number of aromatic hydroxyl groups is 1. The topological polar surface area (TPSA) is 92.7 Å². The second-order valence-electron chi connectivity index (χ2n) is 5.19. The number of Topliss-reactive ketones (excluding diaryl/α,β-unsaturated/α-hetero) is 1. The second-order valence-corrected chi connectivity index (χ2v) is 5.19. The van der Waals surface area contributed by atoms with Gasteiger partial charge in [-0.25, -0.2) is 4.79 Å². The van der Waals surface area contributed by atoms with Crippen molar-refractivity contribution in [1.82, 2.24) is 0 Å². The fourth-order valence-electron chi connectivity index (χ4n) is 2.08. The maximum atomic E-state index is 12.3. The second kappa shape index (κ2) is 7.41. The van der Waals surface area contributed by atoms with E-state index >= 15 is 0 Å². The SMILES string of the molecule is CC(=O)Nc1ccc(C(=O)C(C)OC(=O)c2ccccc2O)cc1. The Bertz CT molecular complexity index is 767. The zero-order valence-corrected chi connectivity index (χ0v) is 13.3. The van der Waals surface area contributed by atoms with Crippen LogP contribution in [0.15, 0.2) is 48.5 Å². The van der Waals surface area contributed by atoms with Crippen molar-refractivity contribution in [2.24, 2.45) is 0 Å². The Kier molecular flexibility index (Phi) is 5.31. The van der Waals surface area contributed by atoms with Crippen molar-refractivity contribution < 1.29 is 24.2 Å². The Hall–Kier alpha value is -3.15. The molecule has 0 aliphatic carbocycles. The van der Waals surface area contributed by atoms with Gasteiger partial charge in [-0.05, 0) is 43.3 Å². The van der Waals surface area contributed by atoms with E-state index in [0.717, 1.165) is 0 Å². The lowest BCUT2D eigenvalue weighted by atomic mass is 10.1. The minimum atomic E-state index is -1.01. The van der Waals surface area contributed by atoms with Crippen LogP contribution < -0.4 is 5.32 Å². The molecule has 6 heteroatoms. The molecule has 0 aliphatic heterocycles. The summed E-state index contributed by atoms with van der Waals surface area (Å²) in [6.45, 7) is 2.85. The number of phenolic OH excluding ortho intramolecular Hbond substituents is 1. The molecule has 0 aromatic heterocycles. The molecule has 0 fully saturated rings. The average Bonchev–Trinajstić information content (AvgIpc) is 2.54. The minimum Gasteiger partial charge on any atom is -0.507 e. The highest BCUT2D eigenvalue weighted by atomic mass is 16.5. The van der Waals surface area contributed by atoms with Crippen LogP contribution in [0.4, 0.5) is 5.69 Å². The number of esters is 1. The molecule has 1 atom stereocenters. The van der Waals surface area contributed by atoms with Crippen LogP contribution in [0.3, 0.4) is 0 Å². The molecule has 2 rings (SSSR count). The molecule has 24 heavy (non-hydrogen) atoms. The number of carbonyl (C=O) groups excluding carboxylic acids is 3. The Labute approximate surface area is 139 Å². The van der Waals surface area contributed by atoms with Gasteiger partial charge < -0.3 is 15.2 Å². The number of para-hydroxylation sites is 1. The molecule has 0 saturated carbocycles. The summed E-state index contributed by atoms with van der Waals surface area (Å²) in [5, 5.41) is 12.2. The number of ketones is 1. The smallest absolute Gasteiger partial charge is 0.342 e. The molecule has 2 N–H and O–H groups in total. The number of phenols is 1. The molecule has 124 valence electrons. The number of carbonyl (C=O) groups is 3. The predicted octanol–water partition coefficient (Wildman–Crippen LogP) is 2.78. The molecule has 1 amide bonds. The van der Waals surface area contributed by atoms with E-state index in [2.05, 4.69) is 5.32 Å². The van der Waals surface area contributed by atoms with E-state index in [1.807, 2.05) is 0 Å². The van der Waals surface area contributed by atoms with Crippen LogP contribution in [-0.4, -0.2) is 28.9 Å². The number of ether oxygens (including phenoxy) is 1. The average molecular weight is 327 g/mol. The van der Waals surface area contributed by atoms with Crippen LogP contribution in [0.2, 0.25) is 0 Å². The minimum absolute atomic E-state index is 0.00171. The van der Waals surface area contributed by atoms with Gasteiger partial charge >= 0.3 is 5.97 Å². The molecular formula is C18H17NO5. The number of hydrogen-bond acceptors (Lipinski definition) is 5. The predicted molar refractivity (Wildman–Crippen MR) is 88.1 cm³/mol. The van der Waals surface area contributed by atoms with Gasteiger partial charge in [0.05, 0.1) is 0 Å². The third kappa shape index (κ3) is 4.19. The first-order valence-electron chi connectivity index (χ1n) is 7.29. The van der Waals surface area contributed by atoms with Crippen LogP contribution in [0, 0.1) is 0 Å². The number of nitrogens with one attached hydrogen (secondary N) is 1. The lowest BCUT2D eigenvalue weighted by Crippen LogP contribution is -2.24. The summed E-state index contributed by atoms with van der Waals surface area (Å²) in [6.07, 6.45) is -1.01. The molecular weight excluding hydrogens is 310 g/mol. The molecule has 0 aliphatic rings. The standard InChI is InChI=1S/C18H17NO5/c1-11(24-18(23)15-5-3-4-6-16(15)21)17(22)13-7-9-14(10-8-13)19-12(2)20/h3-11,21H,1-2H3,(H,19,20). The van der Waals surface area contributed by atoms with Gasteiger partial charge in [0.1, 0.15) is 11.3 Å².